The zero-order valence-corrected chi connectivity index (χ0v) is 11.6. The Morgan fingerprint density at radius 2 is 2.11 bits per heavy atom. The Labute approximate surface area is 110 Å². The fourth-order valence-electron chi connectivity index (χ4n) is 1.85. The summed E-state index contributed by atoms with van der Waals surface area (Å²) in [6.45, 7) is 5.45. The SMILES string of the molecule is CCCCOCCC(NC)c1ccc(C)c(F)c1. The zero-order chi connectivity index (χ0) is 13.4. The van der Waals surface area contributed by atoms with Crippen LogP contribution in [0.2, 0.25) is 0 Å². The van der Waals surface area contributed by atoms with E-state index in [0.29, 0.717) is 12.2 Å². The molecule has 0 aliphatic rings. The summed E-state index contributed by atoms with van der Waals surface area (Å²) in [6.07, 6.45) is 3.12. The van der Waals surface area contributed by atoms with Crippen LogP contribution in [0.5, 0.6) is 0 Å². The van der Waals surface area contributed by atoms with Crippen LogP contribution in [-0.2, 0) is 4.74 Å². The molecule has 3 heteroatoms. The highest BCUT2D eigenvalue weighted by atomic mass is 19.1. The molecule has 0 spiro atoms. The van der Waals surface area contributed by atoms with Crippen molar-refractivity contribution in [1.82, 2.24) is 5.32 Å². The van der Waals surface area contributed by atoms with Crippen molar-refractivity contribution in [1.29, 1.82) is 0 Å². The Hall–Kier alpha value is -0.930. The van der Waals surface area contributed by atoms with Crippen LogP contribution in [0, 0.1) is 12.7 Å². The maximum atomic E-state index is 13.5. The smallest absolute Gasteiger partial charge is 0.126 e. The van der Waals surface area contributed by atoms with Crippen LogP contribution >= 0.6 is 0 Å². The van der Waals surface area contributed by atoms with Gasteiger partial charge >= 0.3 is 0 Å². The molecule has 2 nitrogen and oxygen atoms in total. The molecule has 0 bridgehead atoms. The van der Waals surface area contributed by atoms with E-state index >= 15 is 0 Å². The lowest BCUT2D eigenvalue weighted by atomic mass is 10.0. The van der Waals surface area contributed by atoms with E-state index in [1.54, 1.807) is 13.0 Å². The van der Waals surface area contributed by atoms with E-state index in [0.717, 1.165) is 31.4 Å². The molecule has 1 atom stereocenters. The summed E-state index contributed by atoms with van der Waals surface area (Å²) in [5, 5.41) is 3.21. The highest BCUT2D eigenvalue weighted by Crippen LogP contribution is 2.19. The van der Waals surface area contributed by atoms with E-state index in [4.69, 9.17) is 4.74 Å². The van der Waals surface area contributed by atoms with Crippen molar-refractivity contribution in [3.05, 3.63) is 35.1 Å². The maximum Gasteiger partial charge on any atom is 0.126 e. The lowest BCUT2D eigenvalue weighted by molar-refractivity contribution is 0.122. The quantitative estimate of drug-likeness (QED) is 0.715. The molecule has 1 N–H and O–H groups in total. The first-order valence-electron chi connectivity index (χ1n) is 6.70. The van der Waals surface area contributed by atoms with Gasteiger partial charge in [-0.2, -0.15) is 0 Å². The number of nitrogens with one attached hydrogen (secondary N) is 1. The van der Waals surface area contributed by atoms with Gasteiger partial charge in [-0.1, -0.05) is 25.5 Å². The molecule has 0 heterocycles. The third-order valence-electron chi connectivity index (χ3n) is 3.14. The minimum absolute atomic E-state index is 0.139. The van der Waals surface area contributed by atoms with Crippen LogP contribution in [0.15, 0.2) is 18.2 Å². The van der Waals surface area contributed by atoms with Crippen molar-refractivity contribution in [2.24, 2.45) is 0 Å². The Morgan fingerprint density at radius 3 is 2.72 bits per heavy atom. The Bertz CT molecular complexity index is 354. The monoisotopic (exact) mass is 253 g/mol. The Balaban J connectivity index is 2.47. The normalized spacial score (nSPS) is 12.7. The molecule has 0 fully saturated rings. The fourth-order valence-corrected chi connectivity index (χ4v) is 1.85. The minimum Gasteiger partial charge on any atom is -0.381 e. The molecular weight excluding hydrogens is 229 g/mol. The summed E-state index contributed by atoms with van der Waals surface area (Å²) in [6, 6.07) is 5.57. The van der Waals surface area contributed by atoms with Crippen molar-refractivity contribution >= 4 is 0 Å². The molecule has 0 saturated heterocycles. The largest absolute Gasteiger partial charge is 0.381 e. The van der Waals surface area contributed by atoms with E-state index in [2.05, 4.69) is 12.2 Å². The molecule has 102 valence electrons. The number of hydrogen-bond donors (Lipinski definition) is 1. The van der Waals surface area contributed by atoms with Crippen LogP contribution in [0.1, 0.15) is 43.4 Å². The number of halogens is 1. The van der Waals surface area contributed by atoms with Gasteiger partial charge in [0.15, 0.2) is 0 Å². The molecule has 0 aliphatic carbocycles. The molecule has 1 rings (SSSR count). The predicted molar refractivity (Wildman–Crippen MR) is 73.3 cm³/mol. The summed E-state index contributed by atoms with van der Waals surface area (Å²) in [5.74, 6) is -0.139. The number of aryl methyl sites for hydroxylation is 1. The second-order valence-corrected chi connectivity index (χ2v) is 4.60. The Kier molecular flexibility index (Phi) is 6.91. The fraction of sp³-hybridized carbons (Fsp3) is 0.600. The molecule has 0 aliphatic heterocycles. The van der Waals surface area contributed by atoms with Crippen LogP contribution < -0.4 is 5.32 Å². The molecule has 18 heavy (non-hydrogen) atoms. The summed E-state index contributed by atoms with van der Waals surface area (Å²) < 4.78 is 19.1. The van der Waals surface area contributed by atoms with E-state index in [1.165, 1.54) is 0 Å². The highest BCUT2D eigenvalue weighted by Gasteiger charge is 2.10. The van der Waals surface area contributed by atoms with Gasteiger partial charge < -0.3 is 10.1 Å². The van der Waals surface area contributed by atoms with Gasteiger partial charge in [0.25, 0.3) is 0 Å². The van der Waals surface area contributed by atoms with Gasteiger partial charge in [-0.3, -0.25) is 0 Å². The number of benzene rings is 1. The highest BCUT2D eigenvalue weighted by molar-refractivity contribution is 5.25. The van der Waals surface area contributed by atoms with Gasteiger partial charge in [0.05, 0.1) is 0 Å². The lowest BCUT2D eigenvalue weighted by Crippen LogP contribution is -2.18. The minimum atomic E-state index is -0.139. The number of ether oxygens (including phenoxy) is 1. The molecule has 1 aromatic carbocycles. The average molecular weight is 253 g/mol. The summed E-state index contributed by atoms with van der Waals surface area (Å²) >= 11 is 0. The van der Waals surface area contributed by atoms with Gasteiger partial charge in [-0.15, -0.1) is 0 Å². The molecule has 1 aromatic rings. The number of unbranched alkanes of at least 4 members (excludes halogenated alkanes) is 1. The number of hydrogen-bond acceptors (Lipinski definition) is 2. The van der Waals surface area contributed by atoms with Crippen LogP contribution in [0.25, 0.3) is 0 Å². The first-order chi connectivity index (χ1) is 8.69. The lowest BCUT2D eigenvalue weighted by Gasteiger charge is -2.17. The standard InChI is InChI=1S/C15H24FNO/c1-4-5-9-18-10-8-15(17-3)13-7-6-12(2)14(16)11-13/h6-7,11,15,17H,4-5,8-10H2,1-3H3. The van der Waals surface area contributed by atoms with Crippen molar-refractivity contribution in [2.75, 3.05) is 20.3 Å². The predicted octanol–water partition coefficient (Wildman–Crippen LogP) is 3.60. The molecule has 0 aromatic heterocycles. The zero-order valence-electron chi connectivity index (χ0n) is 11.6. The van der Waals surface area contributed by atoms with Crippen LogP contribution in [-0.4, -0.2) is 20.3 Å². The van der Waals surface area contributed by atoms with Gasteiger partial charge in [-0.25, -0.2) is 4.39 Å². The molecule has 0 saturated carbocycles. The van der Waals surface area contributed by atoms with Crippen molar-refractivity contribution in [3.8, 4) is 0 Å². The molecular formula is C15H24FNO. The van der Waals surface area contributed by atoms with Gasteiger partial charge in [0, 0.05) is 19.3 Å². The summed E-state index contributed by atoms with van der Waals surface area (Å²) in [5.41, 5.74) is 1.67. The third-order valence-corrected chi connectivity index (χ3v) is 3.14. The van der Waals surface area contributed by atoms with Crippen LogP contribution in [0.4, 0.5) is 4.39 Å². The topological polar surface area (TPSA) is 21.3 Å². The molecule has 0 amide bonds. The average Bonchev–Trinajstić information content (AvgIpc) is 2.37. The first kappa shape index (κ1) is 15.1. The summed E-state index contributed by atoms with van der Waals surface area (Å²) in [7, 11) is 1.90. The second-order valence-electron chi connectivity index (χ2n) is 4.60. The number of rotatable bonds is 8. The second kappa shape index (κ2) is 8.22. The van der Waals surface area contributed by atoms with Crippen molar-refractivity contribution in [3.63, 3.8) is 0 Å². The Morgan fingerprint density at radius 1 is 1.33 bits per heavy atom. The first-order valence-corrected chi connectivity index (χ1v) is 6.70. The van der Waals surface area contributed by atoms with Gasteiger partial charge in [-0.05, 0) is 44.0 Å². The van der Waals surface area contributed by atoms with Gasteiger partial charge in [0.1, 0.15) is 5.82 Å². The summed E-state index contributed by atoms with van der Waals surface area (Å²) in [4.78, 5) is 0. The van der Waals surface area contributed by atoms with E-state index in [1.807, 2.05) is 19.2 Å². The van der Waals surface area contributed by atoms with Crippen molar-refractivity contribution in [2.45, 2.75) is 39.2 Å². The van der Waals surface area contributed by atoms with E-state index < -0.39 is 0 Å². The van der Waals surface area contributed by atoms with Crippen molar-refractivity contribution < 1.29 is 9.13 Å². The van der Waals surface area contributed by atoms with Crippen LogP contribution in [0.3, 0.4) is 0 Å². The maximum absolute atomic E-state index is 13.5. The van der Waals surface area contributed by atoms with E-state index in [9.17, 15) is 4.39 Å². The van der Waals surface area contributed by atoms with E-state index in [-0.39, 0.29) is 11.9 Å². The van der Waals surface area contributed by atoms with Gasteiger partial charge in [0.2, 0.25) is 0 Å². The molecule has 0 radical (unpaired) electrons. The third kappa shape index (κ3) is 4.75. The molecule has 1 unspecified atom stereocenters.